The van der Waals surface area contributed by atoms with Gasteiger partial charge in [0.1, 0.15) is 17.7 Å². The molecule has 174 valence electrons. The van der Waals surface area contributed by atoms with E-state index >= 15 is 0 Å². The first-order chi connectivity index (χ1) is 16.3. The molecule has 0 aliphatic carbocycles. The lowest BCUT2D eigenvalue weighted by Crippen LogP contribution is -2.54. The van der Waals surface area contributed by atoms with Crippen molar-refractivity contribution in [3.8, 4) is 11.1 Å². The average Bonchev–Trinajstić information content (AvgIpc) is 2.91. The Morgan fingerprint density at radius 2 is 1.56 bits per heavy atom. The third-order valence-electron chi connectivity index (χ3n) is 5.85. The van der Waals surface area contributed by atoms with E-state index in [2.05, 4.69) is 10.7 Å². The van der Waals surface area contributed by atoms with Gasteiger partial charge < -0.3 is 5.32 Å². The molecule has 0 spiro atoms. The number of para-hydroxylation sites is 1. The third-order valence-corrected chi connectivity index (χ3v) is 5.85. The Balaban J connectivity index is 1.53. The quantitative estimate of drug-likeness (QED) is 0.603. The van der Waals surface area contributed by atoms with Crippen molar-refractivity contribution in [2.45, 2.75) is 32.2 Å². The van der Waals surface area contributed by atoms with Gasteiger partial charge in [0.25, 0.3) is 11.8 Å². The second kappa shape index (κ2) is 9.43. The predicted molar refractivity (Wildman–Crippen MR) is 124 cm³/mol. The van der Waals surface area contributed by atoms with E-state index in [4.69, 9.17) is 0 Å². The van der Waals surface area contributed by atoms with Crippen LogP contribution in [-0.2, 0) is 20.8 Å². The highest BCUT2D eigenvalue weighted by atomic mass is 19.1. The number of hydrogen-bond acceptors (Lipinski definition) is 3. The Hall–Kier alpha value is -4.07. The minimum Gasteiger partial charge on any atom is -0.344 e. The van der Waals surface area contributed by atoms with Crippen LogP contribution in [0.1, 0.15) is 30.9 Å². The molecule has 0 bridgehead atoms. The second-order valence-corrected chi connectivity index (χ2v) is 8.14. The molecule has 1 unspecified atom stereocenters. The molecule has 3 amide bonds. The largest absolute Gasteiger partial charge is 0.344 e. The van der Waals surface area contributed by atoms with Gasteiger partial charge >= 0.3 is 0 Å². The van der Waals surface area contributed by atoms with Crippen molar-refractivity contribution in [3.05, 3.63) is 89.5 Å². The number of hydrazine groups is 1. The molecule has 8 heteroatoms. The van der Waals surface area contributed by atoms with Gasteiger partial charge in [0, 0.05) is 11.1 Å². The number of fused-ring (bicyclic) bond motifs is 3. The summed E-state index contributed by atoms with van der Waals surface area (Å²) in [6, 6.07) is 17.0. The van der Waals surface area contributed by atoms with Gasteiger partial charge in [-0.1, -0.05) is 48.5 Å². The monoisotopic (exact) mass is 463 g/mol. The van der Waals surface area contributed by atoms with Crippen molar-refractivity contribution in [3.63, 3.8) is 0 Å². The molecule has 3 aromatic carbocycles. The Bertz CT molecular complexity index is 1260. The Morgan fingerprint density at radius 3 is 2.26 bits per heavy atom. The van der Waals surface area contributed by atoms with Gasteiger partial charge in [0.2, 0.25) is 5.91 Å². The highest BCUT2D eigenvalue weighted by Gasteiger charge is 2.33. The van der Waals surface area contributed by atoms with Gasteiger partial charge in [0.05, 0.1) is 18.0 Å². The van der Waals surface area contributed by atoms with E-state index in [1.807, 2.05) is 36.4 Å². The van der Waals surface area contributed by atoms with Crippen LogP contribution in [0.25, 0.3) is 11.1 Å². The van der Waals surface area contributed by atoms with Crippen LogP contribution in [0, 0.1) is 11.6 Å². The van der Waals surface area contributed by atoms with Crippen molar-refractivity contribution >= 4 is 23.4 Å². The summed E-state index contributed by atoms with van der Waals surface area (Å²) < 4.78 is 27.7. The molecule has 0 aromatic heterocycles. The van der Waals surface area contributed by atoms with E-state index in [-0.39, 0.29) is 11.5 Å². The molecule has 6 nitrogen and oxygen atoms in total. The lowest BCUT2D eigenvalue weighted by molar-refractivity contribution is -0.130. The summed E-state index contributed by atoms with van der Waals surface area (Å²) in [5.74, 6) is -3.92. The van der Waals surface area contributed by atoms with Crippen LogP contribution in [0.3, 0.4) is 0 Å². The van der Waals surface area contributed by atoms with Crippen LogP contribution in [0.4, 0.5) is 14.5 Å². The maximum atomic E-state index is 13.8. The first-order valence-electron chi connectivity index (χ1n) is 10.8. The first-order valence-corrected chi connectivity index (χ1v) is 10.8. The van der Waals surface area contributed by atoms with Crippen molar-refractivity contribution in [1.82, 2.24) is 10.7 Å². The zero-order valence-electron chi connectivity index (χ0n) is 18.6. The van der Waals surface area contributed by atoms with Crippen molar-refractivity contribution in [1.29, 1.82) is 0 Å². The lowest BCUT2D eigenvalue weighted by atomic mass is 9.92. The summed E-state index contributed by atoms with van der Waals surface area (Å²) in [5, 5.41) is 3.63. The van der Waals surface area contributed by atoms with E-state index in [1.165, 1.54) is 18.0 Å². The van der Waals surface area contributed by atoms with Gasteiger partial charge in [-0.15, -0.1) is 0 Å². The number of rotatable bonds is 5. The summed E-state index contributed by atoms with van der Waals surface area (Å²) in [5.41, 5.74) is 5.24. The molecule has 3 aromatic rings. The molecule has 0 fully saturated rings. The average molecular weight is 463 g/mol. The van der Waals surface area contributed by atoms with Crippen LogP contribution >= 0.6 is 0 Å². The molecule has 2 N–H and O–H groups in total. The van der Waals surface area contributed by atoms with Crippen molar-refractivity contribution in [2.75, 3.05) is 5.01 Å². The predicted octanol–water partition coefficient (Wildman–Crippen LogP) is 3.86. The summed E-state index contributed by atoms with van der Waals surface area (Å²) in [4.78, 5) is 38.6. The number of halogens is 2. The van der Waals surface area contributed by atoms with Gasteiger partial charge in [-0.2, -0.15) is 0 Å². The lowest BCUT2D eigenvalue weighted by Gasteiger charge is -2.27. The summed E-state index contributed by atoms with van der Waals surface area (Å²) in [6.45, 7) is 3.19. The molecule has 1 aliphatic heterocycles. The van der Waals surface area contributed by atoms with Crippen LogP contribution in [0.15, 0.2) is 66.7 Å². The summed E-state index contributed by atoms with van der Waals surface area (Å²) in [6.07, 6.45) is -0.562. The number of benzene rings is 3. The molecule has 0 saturated carbocycles. The fourth-order valence-corrected chi connectivity index (χ4v) is 4.00. The maximum absolute atomic E-state index is 13.8. The standard InChI is InChI=1S/C26H23F2N3O3/c1-15-17-8-3-4-9-18(17)19-10-5-6-13-23(19)31(26(15)34)30-25(33)16(2)29-24(32)14-20-21(27)11-7-12-22(20)28/h3-13,15-16H,14H2,1-2H3,(H,29,32)(H,30,33)/t15?,16-/m0/s1. The van der Waals surface area contributed by atoms with Gasteiger partial charge in [-0.25, -0.2) is 13.8 Å². The van der Waals surface area contributed by atoms with E-state index in [9.17, 15) is 23.2 Å². The van der Waals surface area contributed by atoms with Crippen LogP contribution < -0.4 is 15.8 Å². The minimum absolute atomic E-state index is 0.335. The number of anilines is 1. The van der Waals surface area contributed by atoms with E-state index < -0.39 is 41.8 Å². The zero-order valence-corrected chi connectivity index (χ0v) is 18.6. The summed E-state index contributed by atoms with van der Waals surface area (Å²) in [7, 11) is 0. The molecule has 0 radical (unpaired) electrons. The maximum Gasteiger partial charge on any atom is 0.261 e. The molecule has 0 saturated heterocycles. The number of nitrogens with one attached hydrogen (secondary N) is 2. The molecule has 1 heterocycles. The van der Waals surface area contributed by atoms with Crippen LogP contribution in [-0.4, -0.2) is 23.8 Å². The highest BCUT2D eigenvalue weighted by Crippen LogP contribution is 2.39. The number of hydrogen-bond donors (Lipinski definition) is 2. The number of amides is 3. The number of carbonyl (C=O) groups excluding carboxylic acids is 3. The molecule has 1 aliphatic rings. The molecular formula is C26H23F2N3O3. The second-order valence-electron chi connectivity index (χ2n) is 8.14. The van der Waals surface area contributed by atoms with E-state index in [1.54, 1.807) is 19.1 Å². The Labute approximate surface area is 195 Å². The SMILES string of the molecule is CC1C(=O)N(NC(=O)[C@H](C)NC(=O)Cc2c(F)cccc2F)c2ccccc2-c2ccccc21. The number of carbonyl (C=O) groups is 3. The van der Waals surface area contributed by atoms with Gasteiger partial charge in [0.15, 0.2) is 0 Å². The fourth-order valence-electron chi connectivity index (χ4n) is 4.00. The fraction of sp³-hybridized carbons (Fsp3) is 0.192. The van der Waals surface area contributed by atoms with Crippen LogP contribution in [0.5, 0.6) is 0 Å². The molecular weight excluding hydrogens is 440 g/mol. The zero-order chi connectivity index (χ0) is 24.4. The normalized spacial score (nSPS) is 15.6. The number of nitrogens with zero attached hydrogens (tertiary/aromatic N) is 1. The molecule has 2 atom stereocenters. The van der Waals surface area contributed by atoms with E-state index in [0.29, 0.717) is 5.69 Å². The minimum atomic E-state index is -1.07. The van der Waals surface area contributed by atoms with Crippen molar-refractivity contribution < 1.29 is 23.2 Å². The Morgan fingerprint density at radius 1 is 0.941 bits per heavy atom. The van der Waals surface area contributed by atoms with Crippen molar-refractivity contribution in [2.24, 2.45) is 0 Å². The third kappa shape index (κ3) is 4.39. The molecule has 34 heavy (non-hydrogen) atoms. The smallest absolute Gasteiger partial charge is 0.261 e. The Kier molecular flexibility index (Phi) is 6.40. The van der Waals surface area contributed by atoms with Crippen LogP contribution in [0.2, 0.25) is 0 Å². The van der Waals surface area contributed by atoms with Gasteiger partial charge in [-0.05, 0) is 43.2 Å². The first kappa shape index (κ1) is 23.1. The summed E-state index contributed by atoms with van der Waals surface area (Å²) >= 11 is 0. The van der Waals surface area contributed by atoms with Gasteiger partial charge in [-0.3, -0.25) is 19.8 Å². The topological polar surface area (TPSA) is 78.5 Å². The van der Waals surface area contributed by atoms with E-state index in [0.717, 1.165) is 28.8 Å². The highest BCUT2D eigenvalue weighted by molar-refractivity contribution is 6.06. The molecule has 4 rings (SSSR count).